The van der Waals surface area contributed by atoms with Gasteiger partial charge in [-0.05, 0) is 6.92 Å². The number of rotatable bonds is 1. The van der Waals surface area contributed by atoms with Gasteiger partial charge < -0.3 is 11.1 Å². The standard InChI is InChI=1S/C5H10N2O/c1-5(4(6)8)2-7-3-5/h7H,2-3H2,1H3,(H2,6,8). The van der Waals surface area contributed by atoms with Crippen LogP contribution in [-0.2, 0) is 4.79 Å². The molecule has 3 nitrogen and oxygen atoms in total. The highest BCUT2D eigenvalue weighted by Gasteiger charge is 2.37. The highest BCUT2D eigenvalue weighted by molar-refractivity contribution is 5.81. The molecule has 0 unspecified atom stereocenters. The molecule has 3 heteroatoms. The van der Waals surface area contributed by atoms with Gasteiger partial charge in [0.15, 0.2) is 0 Å². The van der Waals surface area contributed by atoms with E-state index in [1.54, 1.807) is 0 Å². The molecule has 1 aliphatic rings. The lowest BCUT2D eigenvalue weighted by Crippen LogP contribution is -2.58. The molecule has 0 saturated carbocycles. The molecule has 1 amide bonds. The lowest BCUT2D eigenvalue weighted by atomic mass is 9.84. The lowest BCUT2D eigenvalue weighted by Gasteiger charge is -2.35. The molecule has 1 rings (SSSR count). The molecule has 0 aromatic heterocycles. The van der Waals surface area contributed by atoms with Crippen molar-refractivity contribution in [3.63, 3.8) is 0 Å². The van der Waals surface area contributed by atoms with Crippen LogP contribution in [0.3, 0.4) is 0 Å². The molecule has 1 fully saturated rings. The normalized spacial score (nSPS) is 24.1. The van der Waals surface area contributed by atoms with Crippen LogP contribution in [0.15, 0.2) is 0 Å². The van der Waals surface area contributed by atoms with Gasteiger partial charge in [0.2, 0.25) is 5.91 Å². The number of nitrogens with two attached hydrogens (primary N) is 1. The summed E-state index contributed by atoms with van der Waals surface area (Å²) in [5, 5.41) is 2.98. The van der Waals surface area contributed by atoms with Crippen LogP contribution >= 0.6 is 0 Å². The minimum atomic E-state index is -0.250. The van der Waals surface area contributed by atoms with Crippen LogP contribution in [0.25, 0.3) is 0 Å². The van der Waals surface area contributed by atoms with Crippen molar-refractivity contribution < 1.29 is 4.79 Å². The number of carbonyl (C=O) groups is 1. The predicted octanol–water partition coefficient (Wildman–Crippen LogP) is -0.919. The Morgan fingerprint density at radius 1 is 1.75 bits per heavy atom. The zero-order valence-electron chi connectivity index (χ0n) is 4.90. The summed E-state index contributed by atoms with van der Waals surface area (Å²) in [6, 6.07) is 0. The minimum absolute atomic E-state index is 0.198. The van der Waals surface area contributed by atoms with Crippen LogP contribution < -0.4 is 11.1 Å². The van der Waals surface area contributed by atoms with E-state index in [1.807, 2.05) is 6.92 Å². The van der Waals surface area contributed by atoms with Gasteiger partial charge in [-0.1, -0.05) is 0 Å². The van der Waals surface area contributed by atoms with E-state index in [9.17, 15) is 4.79 Å². The second-order valence-electron chi connectivity index (χ2n) is 2.53. The van der Waals surface area contributed by atoms with Gasteiger partial charge in [-0.25, -0.2) is 0 Å². The summed E-state index contributed by atoms with van der Waals surface area (Å²) in [5.41, 5.74) is 4.80. The zero-order chi connectivity index (χ0) is 6.20. The molecule has 0 spiro atoms. The van der Waals surface area contributed by atoms with Gasteiger partial charge in [-0.15, -0.1) is 0 Å². The molecule has 0 aromatic rings. The summed E-state index contributed by atoms with van der Waals surface area (Å²) < 4.78 is 0. The van der Waals surface area contributed by atoms with E-state index >= 15 is 0 Å². The Morgan fingerprint density at radius 3 is 2.25 bits per heavy atom. The number of carbonyl (C=O) groups excluding carboxylic acids is 1. The average molecular weight is 114 g/mol. The molecule has 0 bridgehead atoms. The Hall–Kier alpha value is -0.570. The lowest BCUT2D eigenvalue weighted by molar-refractivity contribution is -0.129. The van der Waals surface area contributed by atoms with Gasteiger partial charge >= 0.3 is 0 Å². The monoisotopic (exact) mass is 114 g/mol. The summed E-state index contributed by atoms with van der Waals surface area (Å²) in [6.07, 6.45) is 0. The maximum Gasteiger partial charge on any atom is 0.225 e. The molecule has 3 N–H and O–H groups in total. The summed E-state index contributed by atoms with van der Waals surface area (Å²) in [4.78, 5) is 10.5. The van der Waals surface area contributed by atoms with Gasteiger partial charge in [-0.3, -0.25) is 4.79 Å². The molecule has 0 aliphatic carbocycles. The summed E-state index contributed by atoms with van der Waals surface area (Å²) >= 11 is 0. The molecule has 0 atom stereocenters. The van der Waals surface area contributed by atoms with Gasteiger partial charge in [0, 0.05) is 13.1 Å². The van der Waals surface area contributed by atoms with Gasteiger partial charge in [0.05, 0.1) is 5.41 Å². The largest absolute Gasteiger partial charge is 0.369 e. The number of primary amides is 1. The Labute approximate surface area is 48.2 Å². The van der Waals surface area contributed by atoms with Crippen molar-refractivity contribution in [2.75, 3.05) is 13.1 Å². The summed E-state index contributed by atoms with van der Waals surface area (Å²) in [7, 11) is 0. The number of amides is 1. The summed E-state index contributed by atoms with van der Waals surface area (Å²) in [6.45, 7) is 3.34. The fraction of sp³-hybridized carbons (Fsp3) is 0.800. The SMILES string of the molecule is CC1(C(N)=O)CNC1. The van der Waals surface area contributed by atoms with E-state index in [4.69, 9.17) is 5.73 Å². The van der Waals surface area contributed by atoms with Crippen LogP contribution in [-0.4, -0.2) is 19.0 Å². The third-order valence-electron chi connectivity index (χ3n) is 1.63. The Morgan fingerprint density at radius 2 is 2.25 bits per heavy atom. The highest BCUT2D eigenvalue weighted by atomic mass is 16.1. The third-order valence-corrected chi connectivity index (χ3v) is 1.63. The first-order chi connectivity index (χ1) is 3.65. The minimum Gasteiger partial charge on any atom is -0.369 e. The van der Waals surface area contributed by atoms with E-state index in [1.165, 1.54) is 0 Å². The molecule has 0 aromatic carbocycles. The first-order valence-electron chi connectivity index (χ1n) is 2.66. The van der Waals surface area contributed by atoms with E-state index in [-0.39, 0.29) is 11.3 Å². The Kier molecular flexibility index (Phi) is 1.01. The predicted molar refractivity (Wildman–Crippen MR) is 30.2 cm³/mol. The van der Waals surface area contributed by atoms with Crippen molar-refractivity contribution in [3.05, 3.63) is 0 Å². The van der Waals surface area contributed by atoms with E-state index in [0.717, 1.165) is 13.1 Å². The van der Waals surface area contributed by atoms with Crippen molar-refractivity contribution in [1.29, 1.82) is 0 Å². The molecular weight excluding hydrogens is 104 g/mol. The van der Waals surface area contributed by atoms with E-state index < -0.39 is 0 Å². The van der Waals surface area contributed by atoms with Crippen molar-refractivity contribution in [1.82, 2.24) is 5.32 Å². The van der Waals surface area contributed by atoms with Crippen molar-refractivity contribution in [2.45, 2.75) is 6.92 Å². The smallest absolute Gasteiger partial charge is 0.225 e. The van der Waals surface area contributed by atoms with Crippen LogP contribution in [0.5, 0.6) is 0 Å². The average Bonchev–Trinajstić information content (AvgIpc) is 1.60. The molecule has 1 heterocycles. The van der Waals surface area contributed by atoms with Crippen LogP contribution in [0.4, 0.5) is 0 Å². The first-order valence-corrected chi connectivity index (χ1v) is 2.66. The Bertz CT molecular complexity index is 118. The maximum absolute atomic E-state index is 10.5. The van der Waals surface area contributed by atoms with Crippen LogP contribution in [0.2, 0.25) is 0 Å². The van der Waals surface area contributed by atoms with Crippen LogP contribution in [0.1, 0.15) is 6.92 Å². The Balaban J connectivity index is 2.53. The van der Waals surface area contributed by atoms with Gasteiger partial charge in [0.1, 0.15) is 0 Å². The maximum atomic E-state index is 10.5. The molecule has 0 radical (unpaired) electrons. The highest BCUT2D eigenvalue weighted by Crippen LogP contribution is 2.19. The summed E-state index contributed by atoms with van der Waals surface area (Å²) in [5.74, 6) is -0.198. The number of hydrogen-bond donors (Lipinski definition) is 2. The third kappa shape index (κ3) is 0.591. The zero-order valence-corrected chi connectivity index (χ0v) is 4.90. The van der Waals surface area contributed by atoms with E-state index in [0.29, 0.717) is 0 Å². The molecular formula is C5H10N2O. The van der Waals surface area contributed by atoms with Gasteiger partial charge in [-0.2, -0.15) is 0 Å². The first kappa shape index (κ1) is 5.56. The van der Waals surface area contributed by atoms with Crippen molar-refractivity contribution in [3.8, 4) is 0 Å². The van der Waals surface area contributed by atoms with Crippen LogP contribution in [0, 0.1) is 5.41 Å². The number of nitrogens with one attached hydrogen (secondary N) is 1. The second-order valence-corrected chi connectivity index (χ2v) is 2.53. The molecule has 46 valence electrons. The quantitative estimate of drug-likeness (QED) is 0.463. The fourth-order valence-corrected chi connectivity index (χ4v) is 0.674. The van der Waals surface area contributed by atoms with Crippen molar-refractivity contribution in [2.24, 2.45) is 11.1 Å². The molecule has 1 saturated heterocycles. The van der Waals surface area contributed by atoms with Gasteiger partial charge in [0.25, 0.3) is 0 Å². The number of hydrogen-bond acceptors (Lipinski definition) is 2. The van der Waals surface area contributed by atoms with E-state index in [2.05, 4.69) is 5.32 Å². The topological polar surface area (TPSA) is 55.1 Å². The second kappa shape index (κ2) is 1.45. The molecule has 1 aliphatic heterocycles. The fourth-order valence-electron chi connectivity index (χ4n) is 0.674. The van der Waals surface area contributed by atoms with Crippen molar-refractivity contribution >= 4 is 5.91 Å². The molecule has 8 heavy (non-hydrogen) atoms.